The number of fused-ring (bicyclic) bond motifs is 1. The van der Waals surface area contributed by atoms with Gasteiger partial charge in [0.25, 0.3) is 0 Å². The van der Waals surface area contributed by atoms with Crippen LogP contribution in [0.25, 0.3) is 0 Å². The maximum absolute atomic E-state index is 2.28. The fraction of sp³-hybridized carbons (Fsp3) is 0.571. The molecule has 0 saturated heterocycles. The number of hydrogen-bond donors (Lipinski definition) is 0. The zero-order valence-corrected chi connectivity index (χ0v) is 9.55. The summed E-state index contributed by atoms with van der Waals surface area (Å²) >= 11 is 0. The monoisotopic (exact) mass is 190 g/mol. The van der Waals surface area contributed by atoms with Crippen molar-refractivity contribution in [2.24, 2.45) is 0 Å². The molecule has 0 spiro atoms. The maximum Gasteiger partial charge on any atom is -0.0276 e. The van der Waals surface area contributed by atoms with Gasteiger partial charge in [-0.1, -0.05) is 51.0 Å². The number of aryl methyl sites for hydroxylation is 2. The third kappa shape index (κ3) is 3.53. The summed E-state index contributed by atoms with van der Waals surface area (Å²) in [6.45, 7) is 4.25. The van der Waals surface area contributed by atoms with Crippen LogP contribution in [0.15, 0.2) is 24.3 Å². The molecule has 2 rings (SSSR count). The van der Waals surface area contributed by atoms with Crippen LogP contribution in [0.5, 0.6) is 0 Å². The molecule has 0 aliphatic heterocycles. The van der Waals surface area contributed by atoms with Crippen LogP contribution in [0.4, 0.5) is 0 Å². The van der Waals surface area contributed by atoms with Crippen LogP contribution in [0.3, 0.4) is 0 Å². The van der Waals surface area contributed by atoms with Crippen molar-refractivity contribution in [3.05, 3.63) is 35.4 Å². The van der Waals surface area contributed by atoms with Crippen LogP contribution in [0.1, 0.15) is 50.7 Å². The Morgan fingerprint density at radius 1 is 0.857 bits per heavy atom. The van der Waals surface area contributed by atoms with Crippen LogP contribution in [0, 0.1) is 0 Å². The van der Waals surface area contributed by atoms with Crippen LogP contribution < -0.4 is 0 Å². The lowest BCUT2D eigenvalue weighted by Gasteiger charge is -2.02. The minimum absolute atomic E-state index is 1.25. The Balaban J connectivity index is 0.000000293. The van der Waals surface area contributed by atoms with E-state index in [1.807, 2.05) is 0 Å². The summed E-state index contributed by atoms with van der Waals surface area (Å²) in [4.78, 5) is 0. The molecule has 0 N–H and O–H groups in total. The topological polar surface area (TPSA) is 0 Å². The predicted octanol–water partition coefficient (Wildman–Crippen LogP) is 4.37. The van der Waals surface area contributed by atoms with Crippen LogP contribution in [0.2, 0.25) is 0 Å². The molecule has 0 saturated carbocycles. The van der Waals surface area contributed by atoms with Gasteiger partial charge in [-0.25, -0.2) is 0 Å². The van der Waals surface area contributed by atoms with Gasteiger partial charge in [-0.2, -0.15) is 0 Å². The molecular formula is C14H22. The molecule has 0 heterocycles. The molecule has 14 heavy (non-hydrogen) atoms. The Morgan fingerprint density at radius 3 is 1.71 bits per heavy atom. The molecule has 0 heteroatoms. The normalized spacial score (nSPS) is 14.7. The minimum Gasteiger partial charge on any atom is -0.0656 e. The Hall–Kier alpha value is -0.780. The molecule has 0 atom stereocenters. The van der Waals surface area contributed by atoms with Gasteiger partial charge in [-0.15, -0.1) is 0 Å². The van der Waals surface area contributed by atoms with E-state index in [2.05, 4.69) is 38.1 Å². The van der Waals surface area contributed by atoms with Gasteiger partial charge >= 0.3 is 0 Å². The standard InChI is InChI=1S/C11H14.C3H8/c1-2-6-10-8-4-5-9-11(10)7-3-1;1-3-2/h4-5,8-9H,1-3,6-7H2;3H2,1-2H3. The summed E-state index contributed by atoms with van der Waals surface area (Å²) in [7, 11) is 0. The summed E-state index contributed by atoms with van der Waals surface area (Å²) in [5, 5.41) is 0. The first-order valence-electron chi connectivity index (χ1n) is 5.95. The second-order valence-corrected chi connectivity index (χ2v) is 4.04. The molecule has 0 radical (unpaired) electrons. The van der Waals surface area contributed by atoms with Crippen LogP contribution >= 0.6 is 0 Å². The van der Waals surface area contributed by atoms with E-state index in [0.717, 1.165) is 0 Å². The van der Waals surface area contributed by atoms with Gasteiger partial charge in [-0.3, -0.25) is 0 Å². The average molecular weight is 190 g/mol. The molecule has 0 unspecified atom stereocenters. The minimum atomic E-state index is 1.25. The van der Waals surface area contributed by atoms with E-state index in [4.69, 9.17) is 0 Å². The number of rotatable bonds is 0. The fourth-order valence-electron chi connectivity index (χ4n) is 1.85. The molecular weight excluding hydrogens is 168 g/mol. The van der Waals surface area contributed by atoms with Gasteiger partial charge in [0, 0.05) is 0 Å². The van der Waals surface area contributed by atoms with Gasteiger partial charge in [0.15, 0.2) is 0 Å². The SMILES string of the molecule is CCC.c1ccc2c(c1)CCCCC2. The van der Waals surface area contributed by atoms with Crippen molar-refractivity contribution in [3.63, 3.8) is 0 Å². The van der Waals surface area contributed by atoms with Gasteiger partial charge in [0.05, 0.1) is 0 Å². The van der Waals surface area contributed by atoms with Gasteiger partial charge in [-0.05, 0) is 36.8 Å². The van der Waals surface area contributed by atoms with Crippen molar-refractivity contribution >= 4 is 0 Å². The second-order valence-electron chi connectivity index (χ2n) is 4.04. The van der Waals surface area contributed by atoms with E-state index in [1.165, 1.54) is 38.5 Å². The highest BCUT2D eigenvalue weighted by Crippen LogP contribution is 2.19. The zero-order valence-electron chi connectivity index (χ0n) is 9.55. The lowest BCUT2D eigenvalue weighted by Crippen LogP contribution is -1.88. The molecule has 78 valence electrons. The second kappa shape index (κ2) is 6.64. The molecule has 0 fully saturated rings. The van der Waals surface area contributed by atoms with Crippen LogP contribution in [-0.4, -0.2) is 0 Å². The lowest BCUT2D eigenvalue weighted by atomic mass is 10.0. The van der Waals surface area contributed by atoms with E-state index >= 15 is 0 Å². The largest absolute Gasteiger partial charge is 0.0656 e. The molecule has 0 bridgehead atoms. The van der Waals surface area contributed by atoms with Crippen LogP contribution in [-0.2, 0) is 12.8 Å². The summed E-state index contributed by atoms with van der Waals surface area (Å²) in [5.74, 6) is 0. The fourth-order valence-corrected chi connectivity index (χ4v) is 1.85. The quantitative estimate of drug-likeness (QED) is 0.533. The molecule has 0 amide bonds. The summed E-state index contributed by atoms with van der Waals surface area (Å²) < 4.78 is 0. The highest BCUT2D eigenvalue weighted by molar-refractivity contribution is 5.27. The first-order valence-corrected chi connectivity index (χ1v) is 5.95. The first kappa shape index (κ1) is 11.3. The number of benzene rings is 1. The van der Waals surface area contributed by atoms with Crippen molar-refractivity contribution in [1.29, 1.82) is 0 Å². The average Bonchev–Trinajstić information content (AvgIpc) is 2.43. The Morgan fingerprint density at radius 2 is 1.29 bits per heavy atom. The van der Waals surface area contributed by atoms with E-state index in [1.54, 1.807) is 11.1 Å². The summed E-state index contributed by atoms with van der Waals surface area (Å²) in [5.41, 5.74) is 3.18. The van der Waals surface area contributed by atoms with E-state index in [9.17, 15) is 0 Å². The maximum atomic E-state index is 2.28. The summed E-state index contributed by atoms with van der Waals surface area (Å²) in [6, 6.07) is 8.87. The highest BCUT2D eigenvalue weighted by atomic mass is 14.1. The lowest BCUT2D eigenvalue weighted by molar-refractivity contribution is 0.711. The van der Waals surface area contributed by atoms with Gasteiger partial charge in [0.2, 0.25) is 0 Å². The van der Waals surface area contributed by atoms with Gasteiger partial charge < -0.3 is 0 Å². The highest BCUT2D eigenvalue weighted by Gasteiger charge is 2.05. The van der Waals surface area contributed by atoms with Crippen molar-refractivity contribution in [1.82, 2.24) is 0 Å². The molecule has 1 aromatic rings. The van der Waals surface area contributed by atoms with Crippen molar-refractivity contribution < 1.29 is 0 Å². The molecule has 1 aromatic carbocycles. The smallest absolute Gasteiger partial charge is 0.0276 e. The molecule has 0 nitrogen and oxygen atoms in total. The molecule has 1 aliphatic rings. The number of hydrogen-bond acceptors (Lipinski definition) is 0. The van der Waals surface area contributed by atoms with E-state index < -0.39 is 0 Å². The van der Waals surface area contributed by atoms with Crippen molar-refractivity contribution in [2.45, 2.75) is 52.4 Å². The van der Waals surface area contributed by atoms with Gasteiger partial charge in [0.1, 0.15) is 0 Å². The predicted molar refractivity (Wildman–Crippen MR) is 63.7 cm³/mol. The zero-order chi connectivity index (χ0) is 10.2. The molecule has 0 aromatic heterocycles. The summed E-state index contributed by atoms with van der Waals surface area (Å²) in [6.07, 6.45) is 8.04. The van der Waals surface area contributed by atoms with Crippen molar-refractivity contribution in [3.8, 4) is 0 Å². The third-order valence-corrected chi connectivity index (χ3v) is 2.51. The third-order valence-electron chi connectivity index (χ3n) is 2.51. The van der Waals surface area contributed by atoms with E-state index in [-0.39, 0.29) is 0 Å². The first-order chi connectivity index (χ1) is 6.88. The Bertz CT molecular complexity index is 225. The van der Waals surface area contributed by atoms with Crippen molar-refractivity contribution in [2.75, 3.05) is 0 Å². The molecule has 1 aliphatic carbocycles. The Labute approximate surface area is 88.4 Å². The Kier molecular flexibility index (Phi) is 5.36. The van der Waals surface area contributed by atoms with E-state index in [0.29, 0.717) is 0 Å².